The van der Waals surface area contributed by atoms with E-state index >= 15 is 0 Å². The summed E-state index contributed by atoms with van der Waals surface area (Å²) in [6.07, 6.45) is 0. The smallest absolute Gasteiger partial charge is 0.258 e. The second-order valence-electron chi connectivity index (χ2n) is 4.61. The van der Waals surface area contributed by atoms with Crippen LogP contribution in [0.1, 0.15) is 0 Å². The number of aromatic nitrogens is 3. The van der Waals surface area contributed by atoms with E-state index in [1.54, 1.807) is 0 Å². The van der Waals surface area contributed by atoms with Gasteiger partial charge in [0.2, 0.25) is 0 Å². The Kier molecular flexibility index (Phi) is 3.33. The minimum Gasteiger partial charge on any atom is -0.258 e. The van der Waals surface area contributed by atoms with Crippen molar-refractivity contribution in [1.29, 1.82) is 0 Å². The van der Waals surface area contributed by atoms with E-state index < -0.39 is 26.1 Å². The highest BCUT2D eigenvalue weighted by molar-refractivity contribution is 5.77. The van der Waals surface area contributed by atoms with E-state index in [2.05, 4.69) is 10.2 Å². The summed E-state index contributed by atoms with van der Waals surface area (Å²) in [6, 6.07) is 6.78. The van der Waals surface area contributed by atoms with Crippen LogP contribution in [0.3, 0.4) is 0 Å². The average Bonchev–Trinajstić information content (AvgIpc) is 2.96. The Morgan fingerprint density at radius 1 is 0.750 bits per heavy atom. The summed E-state index contributed by atoms with van der Waals surface area (Å²) < 4.78 is 0. The Bertz CT molecular complexity index is 1010. The molecule has 2 aromatic carbocycles. The molecular weight excluding hydrogens is 324 g/mol. The first-order valence-corrected chi connectivity index (χ1v) is 6.31. The van der Waals surface area contributed by atoms with Gasteiger partial charge in [0.15, 0.2) is 5.69 Å². The van der Waals surface area contributed by atoms with Gasteiger partial charge in [-0.25, -0.2) is 0 Å². The lowest BCUT2D eigenvalue weighted by Gasteiger charge is -2.00. The van der Waals surface area contributed by atoms with Crippen LogP contribution in [-0.2, 0) is 0 Å². The summed E-state index contributed by atoms with van der Waals surface area (Å²) in [5.74, 6) is 0. The lowest BCUT2D eigenvalue weighted by molar-refractivity contribution is -0.394. The van der Waals surface area contributed by atoms with Crippen molar-refractivity contribution >= 4 is 28.1 Å². The van der Waals surface area contributed by atoms with Gasteiger partial charge in [0, 0.05) is 18.2 Å². The van der Waals surface area contributed by atoms with Gasteiger partial charge in [0.05, 0.1) is 20.8 Å². The Labute approximate surface area is 131 Å². The first kappa shape index (κ1) is 15.0. The van der Waals surface area contributed by atoms with Crippen LogP contribution in [0.25, 0.3) is 16.7 Å². The van der Waals surface area contributed by atoms with Gasteiger partial charge in [0.25, 0.3) is 11.4 Å². The molecule has 0 saturated carbocycles. The summed E-state index contributed by atoms with van der Waals surface area (Å²) in [7, 11) is 0. The molecular formula is C12H6N6O6. The van der Waals surface area contributed by atoms with Crippen LogP contribution in [0, 0.1) is 30.3 Å². The lowest BCUT2D eigenvalue weighted by atomic mass is 10.2. The lowest BCUT2D eigenvalue weighted by Crippen LogP contribution is -2.04. The minimum absolute atomic E-state index is 0.0931. The molecule has 1 heterocycles. The molecule has 12 nitrogen and oxygen atoms in total. The van der Waals surface area contributed by atoms with Crippen LogP contribution in [0.4, 0.5) is 17.1 Å². The molecule has 0 amide bonds. The number of non-ortho nitro benzene ring substituents is 2. The van der Waals surface area contributed by atoms with Crippen molar-refractivity contribution in [2.24, 2.45) is 0 Å². The molecule has 0 bridgehead atoms. The number of fused-ring (bicyclic) bond motifs is 1. The minimum atomic E-state index is -0.793. The van der Waals surface area contributed by atoms with E-state index in [-0.39, 0.29) is 22.4 Å². The number of nitro groups is 3. The second kappa shape index (κ2) is 5.35. The third-order valence-electron chi connectivity index (χ3n) is 3.16. The number of nitrogens with zero attached hydrogens (tertiary/aromatic N) is 6. The predicted octanol–water partition coefficient (Wildman–Crippen LogP) is 2.15. The van der Waals surface area contributed by atoms with E-state index in [1.807, 2.05) is 0 Å². The van der Waals surface area contributed by atoms with E-state index in [0.29, 0.717) is 0 Å². The summed E-state index contributed by atoms with van der Waals surface area (Å²) in [6.45, 7) is 0. The van der Waals surface area contributed by atoms with Crippen molar-refractivity contribution < 1.29 is 14.8 Å². The molecule has 1 aromatic heterocycles. The third kappa shape index (κ3) is 2.47. The van der Waals surface area contributed by atoms with Crippen molar-refractivity contribution in [3.8, 4) is 5.69 Å². The molecule has 0 N–H and O–H groups in total. The molecule has 0 spiro atoms. The fourth-order valence-corrected chi connectivity index (χ4v) is 2.06. The van der Waals surface area contributed by atoms with Gasteiger partial charge in [-0.15, -0.1) is 15.0 Å². The Morgan fingerprint density at radius 2 is 1.33 bits per heavy atom. The van der Waals surface area contributed by atoms with Crippen molar-refractivity contribution in [3.05, 3.63) is 66.7 Å². The van der Waals surface area contributed by atoms with E-state index in [4.69, 9.17) is 0 Å². The number of nitro benzene ring substituents is 3. The van der Waals surface area contributed by atoms with Gasteiger partial charge >= 0.3 is 5.69 Å². The fourth-order valence-electron chi connectivity index (χ4n) is 2.06. The topological polar surface area (TPSA) is 160 Å². The standard InChI is InChI=1S/C12H6N6O6/c19-16(20)7-1-3-9-10(5-7)14-15(13-9)11-4-2-8(17(21)22)6-12(11)18(23)24/h1-6H. The molecule has 0 radical (unpaired) electrons. The zero-order chi connectivity index (χ0) is 17.4. The summed E-state index contributed by atoms with van der Waals surface area (Å²) in [5, 5.41) is 40.6. The monoisotopic (exact) mass is 330 g/mol. The van der Waals surface area contributed by atoms with Crippen molar-refractivity contribution in [2.75, 3.05) is 0 Å². The van der Waals surface area contributed by atoms with E-state index in [0.717, 1.165) is 23.0 Å². The van der Waals surface area contributed by atoms with Crippen LogP contribution in [-0.4, -0.2) is 29.8 Å². The maximum Gasteiger partial charge on any atom is 0.303 e. The highest BCUT2D eigenvalue weighted by Crippen LogP contribution is 2.28. The molecule has 3 rings (SSSR count). The highest BCUT2D eigenvalue weighted by Gasteiger charge is 2.22. The van der Waals surface area contributed by atoms with Crippen LogP contribution < -0.4 is 0 Å². The van der Waals surface area contributed by atoms with Gasteiger partial charge in [-0.2, -0.15) is 0 Å². The zero-order valence-corrected chi connectivity index (χ0v) is 11.6. The first-order chi connectivity index (χ1) is 11.4. The van der Waals surface area contributed by atoms with Crippen LogP contribution >= 0.6 is 0 Å². The molecule has 120 valence electrons. The zero-order valence-electron chi connectivity index (χ0n) is 11.6. The molecule has 0 saturated heterocycles. The maximum atomic E-state index is 11.2. The fraction of sp³-hybridized carbons (Fsp3) is 0. The summed E-state index contributed by atoms with van der Waals surface area (Å²) >= 11 is 0. The van der Waals surface area contributed by atoms with Gasteiger partial charge < -0.3 is 0 Å². The summed E-state index contributed by atoms with van der Waals surface area (Å²) in [4.78, 5) is 31.4. The Morgan fingerprint density at radius 3 is 1.96 bits per heavy atom. The van der Waals surface area contributed by atoms with Crippen LogP contribution in [0.5, 0.6) is 0 Å². The average molecular weight is 330 g/mol. The SMILES string of the molecule is O=[N+]([O-])c1ccc(-n2nc3ccc([N+](=O)[O-])cc3n2)c([N+](=O)[O-])c1. The molecule has 3 aromatic rings. The van der Waals surface area contributed by atoms with Crippen LogP contribution in [0.2, 0.25) is 0 Å². The Hall–Kier alpha value is -3.96. The number of hydrogen-bond donors (Lipinski definition) is 0. The van der Waals surface area contributed by atoms with Gasteiger partial charge in [-0.1, -0.05) is 0 Å². The number of hydrogen-bond acceptors (Lipinski definition) is 8. The number of rotatable bonds is 4. The largest absolute Gasteiger partial charge is 0.303 e. The molecule has 0 aliphatic rings. The van der Waals surface area contributed by atoms with Gasteiger partial charge in [-0.3, -0.25) is 30.3 Å². The normalized spacial score (nSPS) is 10.7. The quantitative estimate of drug-likeness (QED) is 0.519. The third-order valence-corrected chi connectivity index (χ3v) is 3.16. The number of benzene rings is 2. The summed E-state index contributed by atoms with van der Waals surface area (Å²) in [5.41, 5.74) is -0.848. The molecule has 0 aliphatic heterocycles. The van der Waals surface area contributed by atoms with E-state index in [1.165, 1.54) is 18.2 Å². The molecule has 0 aliphatic carbocycles. The molecule has 12 heteroatoms. The van der Waals surface area contributed by atoms with Crippen LogP contribution in [0.15, 0.2) is 36.4 Å². The molecule has 0 unspecified atom stereocenters. The van der Waals surface area contributed by atoms with Crippen molar-refractivity contribution in [2.45, 2.75) is 0 Å². The predicted molar refractivity (Wildman–Crippen MR) is 78.8 cm³/mol. The van der Waals surface area contributed by atoms with Gasteiger partial charge in [-0.05, 0) is 12.1 Å². The Balaban J connectivity index is 2.18. The molecule has 0 atom stereocenters. The highest BCUT2D eigenvalue weighted by atomic mass is 16.6. The second-order valence-corrected chi connectivity index (χ2v) is 4.61. The molecule has 0 fully saturated rings. The van der Waals surface area contributed by atoms with Crippen molar-refractivity contribution in [1.82, 2.24) is 15.0 Å². The van der Waals surface area contributed by atoms with E-state index in [9.17, 15) is 30.3 Å². The first-order valence-electron chi connectivity index (χ1n) is 6.31. The van der Waals surface area contributed by atoms with Gasteiger partial charge in [0.1, 0.15) is 11.0 Å². The molecule has 24 heavy (non-hydrogen) atoms. The van der Waals surface area contributed by atoms with Crippen molar-refractivity contribution in [3.63, 3.8) is 0 Å². The maximum absolute atomic E-state index is 11.2.